The SMILES string of the molecule is CC(C)P(C(C)C)N(OCCC#N)OCCC#N. The van der Waals surface area contributed by atoms with Crippen molar-refractivity contribution in [2.45, 2.75) is 51.9 Å². The Bertz CT molecular complexity index is 269. The lowest BCUT2D eigenvalue weighted by Crippen LogP contribution is -2.27. The highest BCUT2D eigenvalue weighted by atomic mass is 31.1. The van der Waals surface area contributed by atoms with E-state index in [1.54, 1.807) is 5.00 Å². The second-order valence-corrected chi connectivity index (χ2v) is 7.44. The van der Waals surface area contributed by atoms with Gasteiger partial charge in [-0.2, -0.15) is 10.5 Å². The van der Waals surface area contributed by atoms with E-state index in [2.05, 4.69) is 27.7 Å². The highest BCUT2D eigenvalue weighted by Gasteiger charge is 2.27. The highest BCUT2D eigenvalue weighted by Crippen LogP contribution is 2.49. The first-order chi connectivity index (χ1) is 8.54. The Balaban J connectivity index is 4.49. The number of nitriles is 2. The summed E-state index contributed by atoms with van der Waals surface area (Å²) >= 11 is 0. The number of hydrogen-bond acceptors (Lipinski definition) is 5. The second-order valence-electron chi connectivity index (χ2n) is 4.29. The lowest BCUT2D eigenvalue weighted by molar-refractivity contribution is -0.299. The van der Waals surface area contributed by atoms with E-state index in [1.807, 2.05) is 12.1 Å². The van der Waals surface area contributed by atoms with E-state index >= 15 is 0 Å². The first-order valence-corrected chi connectivity index (χ1v) is 7.56. The van der Waals surface area contributed by atoms with Gasteiger partial charge in [0.25, 0.3) is 0 Å². The Morgan fingerprint density at radius 1 is 0.944 bits per heavy atom. The smallest absolute Gasteiger partial charge is 0.0845 e. The van der Waals surface area contributed by atoms with Crippen LogP contribution in [0, 0.1) is 22.7 Å². The van der Waals surface area contributed by atoms with Gasteiger partial charge in [-0.1, -0.05) is 27.7 Å². The van der Waals surface area contributed by atoms with Crippen LogP contribution >= 0.6 is 8.07 Å². The van der Waals surface area contributed by atoms with Crippen LogP contribution < -0.4 is 0 Å². The molecule has 6 heteroatoms. The van der Waals surface area contributed by atoms with Crippen molar-refractivity contribution in [2.24, 2.45) is 0 Å². The standard InChI is InChI=1S/C12H22N3O2P/c1-11(2)18(12(3)4)15(16-9-5-7-13)17-10-6-8-14/h11-12H,5-6,9-10H2,1-4H3. The lowest BCUT2D eigenvalue weighted by atomic mass is 10.5. The van der Waals surface area contributed by atoms with Crippen LogP contribution in [0.25, 0.3) is 0 Å². The average molecular weight is 271 g/mol. The van der Waals surface area contributed by atoms with Gasteiger partial charge in [0, 0.05) is 8.07 Å². The Kier molecular flexibility index (Phi) is 9.83. The first-order valence-electron chi connectivity index (χ1n) is 6.12. The summed E-state index contributed by atoms with van der Waals surface area (Å²) in [6.07, 6.45) is 0.662. The van der Waals surface area contributed by atoms with Crippen LogP contribution in [-0.2, 0) is 9.68 Å². The third-order valence-corrected chi connectivity index (χ3v) is 4.80. The molecule has 0 aliphatic carbocycles. The zero-order valence-electron chi connectivity index (χ0n) is 11.6. The van der Waals surface area contributed by atoms with Gasteiger partial charge < -0.3 is 0 Å². The Labute approximate surface area is 111 Å². The molecule has 0 aromatic rings. The van der Waals surface area contributed by atoms with Gasteiger partial charge in [0.1, 0.15) is 0 Å². The van der Waals surface area contributed by atoms with Crippen LogP contribution in [0.1, 0.15) is 40.5 Å². The molecule has 0 rings (SSSR count). The number of rotatable bonds is 9. The van der Waals surface area contributed by atoms with E-state index in [0.717, 1.165) is 0 Å². The van der Waals surface area contributed by atoms with Gasteiger partial charge in [-0.3, -0.25) is 9.68 Å². The molecule has 0 aliphatic heterocycles. The summed E-state index contributed by atoms with van der Waals surface area (Å²) in [7, 11) is -0.605. The van der Waals surface area contributed by atoms with E-state index in [4.69, 9.17) is 20.2 Å². The molecule has 0 spiro atoms. The summed E-state index contributed by atoms with van der Waals surface area (Å²) in [6.45, 7) is 9.14. The molecule has 0 saturated carbocycles. The fourth-order valence-corrected chi connectivity index (χ4v) is 3.86. The molecule has 0 aromatic heterocycles. The second kappa shape index (κ2) is 10.2. The molecule has 102 valence electrons. The monoisotopic (exact) mass is 271 g/mol. The largest absolute Gasteiger partial charge is 0.270 e. The van der Waals surface area contributed by atoms with Crippen molar-refractivity contribution in [3.05, 3.63) is 0 Å². The van der Waals surface area contributed by atoms with Gasteiger partial charge in [0.15, 0.2) is 0 Å². The Morgan fingerprint density at radius 2 is 1.33 bits per heavy atom. The molecule has 0 N–H and O–H groups in total. The highest BCUT2D eigenvalue weighted by molar-refractivity contribution is 7.56. The molecule has 18 heavy (non-hydrogen) atoms. The molecule has 0 radical (unpaired) electrons. The van der Waals surface area contributed by atoms with Crippen molar-refractivity contribution in [1.82, 2.24) is 5.00 Å². The van der Waals surface area contributed by atoms with E-state index in [1.165, 1.54) is 0 Å². The predicted octanol–water partition coefficient (Wildman–Crippen LogP) is 3.19. The van der Waals surface area contributed by atoms with Crippen LogP contribution in [0.15, 0.2) is 0 Å². The summed E-state index contributed by atoms with van der Waals surface area (Å²) in [5, 5.41) is 17.0. The van der Waals surface area contributed by atoms with Crippen LogP contribution in [0.5, 0.6) is 0 Å². The molecule has 5 nitrogen and oxygen atoms in total. The molecule has 0 amide bonds. The van der Waals surface area contributed by atoms with Crippen molar-refractivity contribution in [2.75, 3.05) is 13.2 Å². The van der Waals surface area contributed by atoms with Crippen molar-refractivity contribution < 1.29 is 9.68 Å². The van der Waals surface area contributed by atoms with E-state index in [9.17, 15) is 0 Å². The van der Waals surface area contributed by atoms with Crippen LogP contribution in [0.2, 0.25) is 0 Å². The summed E-state index contributed by atoms with van der Waals surface area (Å²) in [6, 6.07) is 4.07. The molecule has 0 aliphatic rings. The van der Waals surface area contributed by atoms with Gasteiger partial charge in [0.2, 0.25) is 0 Å². The van der Waals surface area contributed by atoms with Gasteiger partial charge in [-0.05, 0) is 16.3 Å². The van der Waals surface area contributed by atoms with E-state index in [-0.39, 0.29) is 0 Å². The zero-order chi connectivity index (χ0) is 14.0. The molecule has 0 bridgehead atoms. The van der Waals surface area contributed by atoms with Gasteiger partial charge in [0.05, 0.1) is 38.2 Å². The minimum Gasteiger partial charge on any atom is -0.270 e. The lowest BCUT2D eigenvalue weighted by Gasteiger charge is -2.34. The van der Waals surface area contributed by atoms with Crippen molar-refractivity contribution >= 4 is 8.07 Å². The summed E-state index contributed by atoms with van der Waals surface area (Å²) in [5.41, 5.74) is 0.841. The van der Waals surface area contributed by atoms with Crippen LogP contribution in [0.4, 0.5) is 0 Å². The Morgan fingerprint density at radius 3 is 1.61 bits per heavy atom. The zero-order valence-corrected chi connectivity index (χ0v) is 12.5. The van der Waals surface area contributed by atoms with Gasteiger partial charge >= 0.3 is 0 Å². The van der Waals surface area contributed by atoms with E-state index in [0.29, 0.717) is 37.4 Å². The molecule has 0 unspecified atom stereocenters. The van der Waals surface area contributed by atoms with Crippen molar-refractivity contribution in [3.8, 4) is 12.1 Å². The molecular formula is C12H22N3O2P. The first kappa shape index (κ1) is 17.3. The fraction of sp³-hybridized carbons (Fsp3) is 0.833. The van der Waals surface area contributed by atoms with Gasteiger partial charge in [-0.15, -0.1) is 0 Å². The molecule has 0 fully saturated rings. The average Bonchev–Trinajstić information content (AvgIpc) is 2.28. The van der Waals surface area contributed by atoms with Gasteiger partial charge in [-0.25, -0.2) is 0 Å². The minimum atomic E-state index is -0.605. The topological polar surface area (TPSA) is 69.3 Å². The molecule has 0 atom stereocenters. The van der Waals surface area contributed by atoms with Crippen molar-refractivity contribution in [1.29, 1.82) is 10.5 Å². The Hall–Kier alpha value is -0.710. The number of nitrogens with zero attached hydrogens (tertiary/aromatic N) is 3. The summed E-state index contributed by atoms with van der Waals surface area (Å²) < 4.78 is 0. The molecule has 0 saturated heterocycles. The summed E-state index contributed by atoms with van der Waals surface area (Å²) in [4.78, 5) is 12.6. The van der Waals surface area contributed by atoms with Crippen LogP contribution in [0.3, 0.4) is 0 Å². The minimum absolute atomic E-state index is 0.321. The number of hydrogen-bond donors (Lipinski definition) is 0. The third kappa shape index (κ3) is 6.89. The maximum Gasteiger partial charge on any atom is 0.0845 e. The van der Waals surface area contributed by atoms with E-state index < -0.39 is 8.07 Å². The predicted molar refractivity (Wildman–Crippen MR) is 71.4 cm³/mol. The molecular weight excluding hydrogens is 249 g/mol. The molecule has 0 heterocycles. The molecule has 0 aromatic carbocycles. The van der Waals surface area contributed by atoms with Crippen molar-refractivity contribution in [3.63, 3.8) is 0 Å². The summed E-state index contributed by atoms with van der Waals surface area (Å²) in [5.74, 6) is 0. The third-order valence-electron chi connectivity index (χ3n) is 2.08. The quantitative estimate of drug-likeness (QED) is 0.366. The normalized spacial score (nSPS) is 11.2. The maximum absolute atomic E-state index is 8.52. The van der Waals surface area contributed by atoms with Crippen LogP contribution in [-0.4, -0.2) is 29.5 Å². The maximum atomic E-state index is 8.52. The fourth-order valence-electron chi connectivity index (χ4n) is 1.48.